The summed E-state index contributed by atoms with van der Waals surface area (Å²) in [6.07, 6.45) is 4.08. The second-order valence-electron chi connectivity index (χ2n) is 3.51. The predicted molar refractivity (Wildman–Crippen MR) is 48.7 cm³/mol. The summed E-state index contributed by atoms with van der Waals surface area (Å²) in [6.45, 7) is 4.63. The topological polar surface area (TPSA) is 24.1 Å². The van der Waals surface area contributed by atoms with E-state index in [4.69, 9.17) is 0 Å². The van der Waals surface area contributed by atoms with E-state index in [9.17, 15) is 0 Å². The predicted octanol–water partition coefficient (Wildman–Crippen LogP) is 0.984. The fourth-order valence-corrected chi connectivity index (χ4v) is 1.87. The Bertz CT molecular complexity index is 102. The molecule has 1 aliphatic rings. The number of likely N-dealkylation sites (N-methyl/N-ethyl adjacent to an activating group) is 1. The zero-order valence-corrected chi connectivity index (χ0v) is 7.69. The zero-order chi connectivity index (χ0) is 8.10. The molecule has 2 atom stereocenters. The number of hydrogen-bond acceptors (Lipinski definition) is 2. The highest BCUT2D eigenvalue weighted by molar-refractivity contribution is 4.78. The van der Waals surface area contributed by atoms with Crippen LogP contribution in [0.5, 0.6) is 0 Å². The molecule has 66 valence electrons. The lowest BCUT2D eigenvalue weighted by Gasteiger charge is -2.29. The van der Waals surface area contributed by atoms with Crippen LogP contribution in [0.3, 0.4) is 0 Å². The Labute approximate surface area is 69.8 Å². The molecule has 2 heteroatoms. The molecule has 1 aliphatic heterocycles. The van der Waals surface area contributed by atoms with Crippen LogP contribution in [-0.4, -0.2) is 26.2 Å². The van der Waals surface area contributed by atoms with E-state index in [0.29, 0.717) is 0 Å². The van der Waals surface area contributed by atoms with Crippen LogP contribution in [0.1, 0.15) is 26.2 Å². The highest BCUT2D eigenvalue weighted by Gasteiger charge is 2.18. The number of piperidine rings is 1. The molecule has 0 aliphatic carbocycles. The molecule has 0 bridgehead atoms. The molecule has 0 aromatic carbocycles. The molecule has 0 amide bonds. The minimum atomic E-state index is 0.721. The Morgan fingerprint density at radius 2 is 2.36 bits per heavy atom. The van der Waals surface area contributed by atoms with Crippen molar-refractivity contribution >= 4 is 0 Å². The van der Waals surface area contributed by atoms with Gasteiger partial charge in [-0.25, -0.2) is 0 Å². The van der Waals surface area contributed by atoms with Crippen LogP contribution >= 0.6 is 0 Å². The van der Waals surface area contributed by atoms with E-state index >= 15 is 0 Å². The first kappa shape index (κ1) is 9.01. The lowest BCUT2D eigenvalue weighted by Crippen LogP contribution is -2.43. The van der Waals surface area contributed by atoms with Crippen molar-refractivity contribution in [1.29, 1.82) is 0 Å². The molecule has 1 rings (SSSR count). The molecule has 0 saturated carbocycles. The van der Waals surface area contributed by atoms with Gasteiger partial charge in [-0.3, -0.25) is 0 Å². The van der Waals surface area contributed by atoms with Gasteiger partial charge in [0.25, 0.3) is 0 Å². The van der Waals surface area contributed by atoms with Crippen LogP contribution in [0, 0.1) is 5.92 Å². The van der Waals surface area contributed by atoms with Crippen molar-refractivity contribution in [2.75, 3.05) is 20.1 Å². The van der Waals surface area contributed by atoms with E-state index in [0.717, 1.165) is 18.5 Å². The molecule has 2 unspecified atom stereocenters. The number of nitrogens with one attached hydrogen (secondary N) is 2. The first-order chi connectivity index (χ1) is 5.36. The van der Waals surface area contributed by atoms with Crippen molar-refractivity contribution in [3.8, 4) is 0 Å². The molecular formula is C9H20N2. The minimum Gasteiger partial charge on any atom is -0.318 e. The normalized spacial score (nSPS) is 32.2. The van der Waals surface area contributed by atoms with Crippen molar-refractivity contribution in [2.24, 2.45) is 5.92 Å². The monoisotopic (exact) mass is 156 g/mol. The molecular weight excluding hydrogens is 136 g/mol. The minimum absolute atomic E-state index is 0.721. The van der Waals surface area contributed by atoms with Gasteiger partial charge in [-0.05, 0) is 32.4 Å². The van der Waals surface area contributed by atoms with Gasteiger partial charge in [0.05, 0.1) is 0 Å². The number of rotatable bonds is 3. The Morgan fingerprint density at radius 1 is 1.55 bits per heavy atom. The Kier molecular flexibility index (Phi) is 3.87. The molecule has 0 aromatic rings. The molecule has 1 saturated heterocycles. The largest absolute Gasteiger partial charge is 0.318 e. The standard InChI is InChI=1S/C9H20N2/c1-3-8-4-5-11-9(6-8)7-10-2/h8-11H,3-7H2,1-2H3. The molecule has 2 N–H and O–H groups in total. The van der Waals surface area contributed by atoms with Gasteiger partial charge in [-0.2, -0.15) is 0 Å². The highest BCUT2D eigenvalue weighted by atomic mass is 15.0. The summed E-state index contributed by atoms with van der Waals surface area (Å²) < 4.78 is 0. The Balaban J connectivity index is 2.21. The van der Waals surface area contributed by atoms with Gasteiger partial charge >= 0.3 is 0 Å². The molecule has 1 fully saturated rings. The number of hydrogen-bond donors (Lipinski definition) is 2. The van der Waals surface area contributed by atoms with Crippen molar-refractivity contribution < 1.29 is 0 Å². The molecule has 2 nitrogen and oxygen atoms in total. The average Bonchev–Trinajstić information content (AvgIpc) is 2.06. The van der Waals surface area contributed by atoms with Gasteiger partial charge < -0.3 is 10.6 Å². The molecule has 1 heterocycles. The maximum Gasteiger partial charge on any atom is 0.0195 e. The molecule has 0 spiro atoms. The van der Waals surface area contributed by atoms with E-state index in [-0.39, 0.29) is 0 Å². The van der Waals surface area contributed by atoms with Crippen LogP contribution in [0.25, 0.3) is 0 Å². The van der Waals surface area contributed by atoms with Gasteiger partial charge in [0.2, 0.25) is 0 Å². The fraction of sp³-hybridized carbons (Fsp3) is 1.00. The molecule has 11 heavy (non-hydrogen) atoms. The van der Waals surface area contributed by atoms with E-state index in [1.807, 2.05) is 7.05 Å². The van der Waals surface area contributed by atoms with E-state index < -0.39 is 0 Å². The van der Waals surface area contributed by atoms with Crippen LogP contribution in [-0.2, 0) is 0 Å². The highest BCUT2D eigenvalue weighted by Crippen LogP contribution is 2.18. The van der Waals surface area contributed by atoms with Crippen molar-refractivity contribution in [3.05, 3.63) is 0 Å². The summed E-state index contributed by atoms with van der Waals surface area (Å²) in [5.74, 6) is 0.967. The van der Waals surface area contributed by atoms with Crippen molar-refractivity contribution in [2.45, 2.75) is 32.2 Å². The van der Waals surface area contributed by atoms with Crippen LogP contribution in [0.15, 0.2) is 0 Å². The summed E-state index contributed by atoms with van der Waals surface area (Å²) in [6, 6.07) is 0.721. The zero-order valence-electron chi connectivity index (χ0n) is 7.69. The van der Waals surface area contributed by atoms with Crippen LogP contribution < -0.4 is 10.6 Å². The van der Waals surface area contributed by atoms with Crippen molar-refractivity contribution in [3.63, 3.8) is 0 Å². The summed E-state index contributed by atoms with van der Waals surface area (Å²) in [5, 5.41) is 6.74. The van der Waals surface area contributed by atoms with Gasteiger partial charge in [0, 0.05) is 12.6 Å². The molecule has 0 aromatic heterocycles. The summed E-state index contributed by atoms with van der Waals surface area (Å²) >= 11 is 0. The van der Waals surface area contributed by atoms with Gasteiger partial charge in [0.1, 0.15) is 0 Å². The van der Waals surface area contributed by atoms with Crippen LogP contribution in [0.2, 0.25) is 0 Å². The Morgan fingerprint density at radius 3 is 3.00 bits per heavy atom. The SMILES string of the molecule is CCC1CCNC(CNC)C1. The maximum absolute atomic E-state index is 3.52. The van der Waals surface area contributed by atoms with E-state index in [1.54, 1.807) is 0 Å². The molecule has 0 radical (unpaired) electrons. The average molecular weight is 156 g/mol. The summed E-state index contributed by atoms with van der Waals surface area (Å²) in [5.41, 5.74) is 0. The van der Waals surface area contributed by atoms with Gasteiger partial charge in [-0.1, -0.05) is 13.3 Å². The van der Waals surface area contributed by atoms with E-state index in [2.05, 4.69) is 17.6 Å². The first-order valence-corrected chi connectivity index (χ1v) is 4.74. The third-order valence-electron chi connectivity index (χ3n) is 2.63. The van der Waals surface area contributed by atoms with Crippen LogP contribution in [0.4, 0.5) is 0 Å². The van der Waals surface area contributed by atoms with Crippen molar-refractivity contribution in [1.82, 2.24) is 10.6 Å². The first-order valence-electron chi connectivity index (χ1n) is 4.74. The summed E-state index contributed by atoms with van der Waals surface area (Å²) in [7, 11) is 2.03. The van der Waals surface area contributed by atoms with E-state index in [1.165, 1.54) is 25.8 Å². The fourth-order valence-electron chi connectivity index (χ4n) is 1.87. The Hall–Kier alpha value is -0.0800. The second kappa shape index (κ2) is 4.73. The third kappa shape index (κ3) is 2.80. The maximum atomic E-state index is 3.52. The quantitative estimate of drug-likeness (QED) is 0.636. The smallest absolute Gasteiger partial charge is 0.0195 e. The van der Waals surface area contributed by atoms with Gasteiger partial charge in [-0.15, -0.1) is 0 Å². The van der Waals surface area contributed by atoms with Gasteiger partial charge in [0.15, 0.2) is 0 Å². The lowest BCUT2D eigenvalue weighted by atomic mass is 9.90. The third-order valence-corrected chi connectivity index (χ3v) is 2.63. The second-order valence-corrected chi connectivity index (χ2v) is 3.51. The lowest BCUT2D eigenvalue weighted by molar-refractivity contribution is 0.291. The summed E-state index contributed by atoms with van der Waals surface area (Å²) in [4.78, 5) is 0.